The lowest BCUT2D eigenvalue weighted by atomic mass is 10.1. The normalized spacial score (nSPS) is 11.1. The summed E-state index contributed by atoms with van der Waals surface area (Å²) in [4.78, 5) is 8.01. The molecule has 5 heteroatoms. The van der Waals surface area contributed by atoms with Crippen molar-refractivity contribution in [2.24, 2.45) is 0 Å². The summed E-state index contributed by atoms with van der Waals surface area (Å²) in [5.41, 5.74) is 4.34. The van der Waals surface area contributed by atoms with Crippen molar-refractivity contribution in [1.29, 1.82) is 0 Å². The average molecular weight is 292 g/mol. The van der Waals surface area contributed by atoms with Crippen LogP contribution in [0.2, 0.25) is 5.02 Å². The fourth-order valence-corrected chi connectivity index (χ4v) is 3.19. The molecule has 0 saturated heterocycles. The van der Waals surface area contributed by atoms with Gasteiger partial charge >= 0.3 is 0 Å². The maximum Gasteiger partial charge on any atom is 0.183 e. The number of anilines is 1. The summed E-state index contributed by atoms with van der Waals surface area (Å²) in [6.45, 7) is 5.01. The summed E-state index contributed by atoms with van der Waals surface area (Å²) in [5, 5.41) is 8.14. The van der Waals surface area contributed by atoms with Crippen LogP contribution < -0.4 is 5.32 Å². The number of hydrogen-bond acceptors (Lipinski definition) is 3. The zero-order valence-electron chi connectivity index (χ0n) is 10.7. The van der Waals surface area contributed by atoms with Gasteiger partial charge in [-0.2, -0.15) is 0 Å². The van der Waals surface area contributed by atoms with E-state index in [1.54, 1.807) is 11.3 Å². The predicted molar refractivity (Wildman–Crippen MR) is 83.3 cm³/mol. The second kappa shape index (κ2) is 4.87. The van der Waals surface area contributed by atoms with Crippen molar-refractivity contribution in [3.8, 4) is 11.3 Å². The zero-order valence-corrected chi connectivity index (χ0v) is 12.3. The number of thiazole rings is 1. The molecule has 1 aromatic carbocycles. The fourth-order valence-electron chi connectivity index (χ4n) is 2.25. The average Bonchev–Trinajstić information content (AvgIpc) is 2.93. The first-order valence-corrected chi connectivity index (χ1v) is 7.42. The van der Waals surface area contributed by atoms with Crippen LogP contribution in [0.15, 0.2) is 23.6 Å². The van der Waals surface area contributed by atoms with E-state index in [9.17, 15) is 0 Å². The maximum atomic E-state index is 6.10. The van der Waals surface area contributed by atoms with Gasteiger partial charge in [-0.15, -0.1) is 11.3 Å². The Kier molecular flexibility index (Phi) is 3.21. The maximum absolute atomic E-state index is 6.10. The molecule has 0 atom stereocenters. The number of benzene rings is 1. The van der Waals surface area contributed by atoms with Crippen molar-refractivity contribution >= 4 is 39.0 Å². The summed E-state index contributed by atoms with van der Waals surface area (Å²) in [6, 6.07) is 5.89. The monoisotopic (exact) mass is 291 g/mol. The lowest BCUT2D eigenvalue weighted by Gasteiger charge is -1.98. The molecule has 19 heavy (non-hydrogen) atoms. The smallest absolute Gasteiger partial charge is 0.183 e. The number of aromatic nitrogens is 2. The molecule has 3 rings (SSSR count). The molecule has 0 bridgehead atoms. The van der Waals surface area contributed by atoms with Gasteiger partial charge < -0.3 is 10.3 Å². The van der Waals surface area contributed by atoms with Gasteiger partial charge in [-0.1, -0.05) is 11.6 Å². The van der Waals surface area contributed by atoms with E-state index >= 15 is 0 Å². The molecule has 0 amide bonds. The van der Waals surface area contributed by atoms with Crippen LogP contribution in [0, 0.1) is 6.92 Å². The van der Waals surface area contributed by atoms with Gasteiger partial charge in [0.2, 0.25) is 0 Å². The molecular formula is C14H14ClN3S. The van der Waals surface area contributed by atoms with Gasteiger partial charge in [0.1, 0.15) is 0 Å². The third-order valence-corrected chi connectivity index (χ3v) is 4.07. The minimum Gasteiger partial charge on any atom is -0.362 e. The Hall–Kier alpha value is -1.52. The Morgan fingerprint density at radius 1 is 1.42 bits per heavy atom. The van der Waals surface area contributed by atoms with Crippen LogP contribution in [0.25, 0.3) is 22.2 Å². The van der Waals surface area contributed by atoms with Gasteiger partial charge in [-0.05, 0) is 32.0 Å². The van der Waals surface area contributed by atoms with Gasteiger partial charge in [0, 0.05) is 39.1 Å². The van der Waals surface area contributed by atoms with Crippen LogP contribution in [0.3, 0.4) is 0 Å². The first-order chi connectivity index (χ1) is 9.19. The lowest BCUT2D eigenvalue weighted by Crippen LogP contribution is -1.95. The highest BCUT2D eigenvalue weighted by Crippen LogP contribution is 2.35. The third kappa shape index (κ3) is 2.22. The number of H-pyrrole nitrogens is 1. The Labute approximate surface area is 120 Å². The summed E-state index contributed by atoms with van der Waals surface area (Å²) in [7, 11) is 0. The highest BCUT2D eigenvalue weighted by molar-refractivity contribution is 7.14. The van der Waals surface area contributed by atoms with E-state index in [4.69, 9.17) is 11.6 Å². The van der Waals surface area contributed by atoms with E-state index < -0.39 is 0 Å². The second-order valence-corrected chi connectivity index (χ2v) is 5.68. The molecule has 0 saturated carbocycles. The summed E-state index contributed by atoms with van der Waals surface area (Å²) < 4.78 is 0. The Morgan fingerprint density at radius 3 is 3.05 bits per heavy atom. The minimum atomic E-state index is 0.745. The van der Waals surface area contributed by atoms with Gasteiger partial charge in [0.15, 0.2) is 5.13 Å². The Balaban J connectivity index is 2.17. The van der Waals surface area contributed by atoms with Crippen molar-refractivity contribution in [2.45, 2.75) is 13.8 Å². The van der Waals surface area contributed by atoms with Gasteiger partial charge in [-0.3, -0.25) is 0 Å². The molecule has 98 valence electrons. The molecule has 0 aliphatic heterocycles. The molecule has 0 unspecified atom stereocenters. The van der Waals surface area contributed by atoms with Gasteiger partial charge in [0.25, 0.3) is 0 Å². The second-order valence-electron chi connectivity index (χ2n) is 4.38. The standard InChI is InChI=1S/C14H14ClN3S/c1-3-16-14-18-12(7-19-14)13-8(2)17-11-5-4-9(15)6-10(11)13/h4-7,17H,3H2,1-2H3,(H,16,18). The third-order valence-electron chi connectivity index (χ3n) is 3.04. The highest BCUT2D eigenvalue weighted by atomic mass is 35.5. The minimum absolute atomic E-state index is 0.745. The molecule has 0 spiro atoms. The van der Waals surface area contributed by atoms with Crippen LogP contribution in [-0.2, 0) is 0 Å². The molecule has 0 aliphatic rings. The molecular weight excluding hydrogens is 278 g/mol. The summed E-state index contributed by atoms with van der Waals surface area (Å²) >= 11 is 7.72. The largest absolute Gasteiger partial charge is 0.362 e. The van der Waals surface area contributed by atoms with Crippen LogP contribution >= 0.6 is 22.9 Å². The molecule has 3 nitrogen and oxygen atoms in total. The quantitative estimate of drug-likeness (QED) is 0.735. The van der Waals surface area contributed by atoms with Crippen molar-refractivity contribution in [1.82, 2.24) is 9.97 Å². The molecule has 3 aromatic rings. The number of fused-ring (bicyclic) bond motifs is 1. The van der Waals surface area contributed by atoms with Crippen molar-refractivity contribution in [3.05, 3.63) is 34.3 Å². The number of aromatic amines is 1. The van der Waals surface area contributed by atoms with E-state index in [1.807, 2.05) is 18.2 Å². The number of rotatable bonds is 3. The summed E-state index contributed by atoms with van der Waals surface area (Å²) in [5.74, 6) is 0. The molecule has 2 aromatic heterocycles. The number of nitrogens with zero attached hydrogens (tertiary/aromatic N) is 1. The fraction of sp³-hybridized carbons (Fsp3) is 0.214. The predicted octanol–water partition coefficient (Wildman–Crippen LogP) is 4.69. The van der Waals surface area contributed by atoms with Crippen LogP contribution in [0.4, 0.5) is 5.13 Å². The van der Waals surface area contributed by atoms with Crippen molar-refractivity contribution < 1.29 is 0 Å². The Bertz CT molecular complexity index is 729. The van der Waals surface area contributed by atoms with Crippen LogP contribution in [0.5, 0.6) is 0 Å². The van der Waals surface area contributed by atoms with E-state index in [2.05, 4.69) is 34.5 Å². The summed E-state index contributed by atoms with van der Waals surface area (Å²) in [6.07, 6.45) is 0. The molecule has 2 heterocycles. The number of hydrogen-bond donors (Lipinski definition) is 2. The van der Waals surface area contributed by atoms with Crippen molar-refractivity contribution in [2.75, 3.05) is 11.9 Å². The van der Waals surface area contributed by atoms with E-state index in [0.717, 1.165) is 44.6 Å². The molecule has 0 fully saturated rings. The number of nitrogens with one attached hydrogen (secondary N) is 2. The zero-order chi connectivity index (χ0) is 13.4. The Morgan fingerprint density at radius 2 is 2.26 bits per heavy atom. The van der Waals surface area contributed by atoms with Crippen LogP contribution in [0.1, 0.15) is 12.6 Å². The van der Waals surface area contributed by atoms with Gasteiger partial charge in [0.05, 0.1) is 5.69 Å². The van der Waals surface area contributed by atoms with E-state index in [1.165, 1.54) is 0 Å². The van der Waals surface area contributed by atoms with E-state index in [-0.39, 0.29) is 0 Å². The molecule has 0 radical (unpaired) electrons. The highest BCUT2D eigenvalue weighted by Gasteiger charge is 2.13. The molecule has 0 aliphatic carbocycles. The molecule has 2 N–H and O–H groups in total. The van der Waals surface area contributed by atoms with Crippen molar-refractivity contribution in [3.63, 3.8) is 0 Å². The van der Waals surface area contributed by atoms with Crippen LogP contribution in [-0.4, -0.2) is 16.5 Å². The van der Waals surface area contributed by atoms with E-state index in [0.29, 0.717) is 0 Å². The first kappa shape index (κ1) is 12.5. The van der Waals surface area contributed by atoms with Gasteiger partial charge in [-0.25, -0.2) is 4.98 Å². The lowest BCUT2D eigenvalue weighted by molar-refractivity contribution is 1.19. The number of aryl methyl sites for hydroxylation is 1. The first-order valence-electron chi connectivity index (χ1n) is 6.16. The topological polar surface area (TPSA) is 40.7 Å². The SMILES string of the molecule is CCNc1nc(-c2c(C)[nH]c3ccc(Cl)cc23)cs1. The number of halogens is 1.